The van der Waals surface area contributed by atoms with Crippen molar-refractivity contribution in [1.82, 2.24) is 9.62 Å². The van der Waals surface area contributed by atoms with Crippen LogP contribution in [0.15, 0.2) is 0 Å². The highest BCUT2D eigenvalue weighted by molar-refractivity contribution is 7.89. The Balaban J connectivity index is 2.61. The van der Waals surface area contributed by atoms with Gasteiger partial charge in [-0.3, -0.25) is 0 Å². The zero-order valence-corrected chi connectivity index (χ0v) is 12.1. The van der Waals surface area contributed by atoms with E-state index in [4.69, 9.17) is 0 Å². The molecule has 0 aliphatic carbocycles. The van der Waals surface area contributed by atoms with E-state index in [2.05, 4.69) is 12.2 Å². The summed E-state index contributed by atoms with van der Waals surface area (Å²) >= 11 is 0. The van der Waals surface area contributed by atoms with Crippen molar-refractivity contribution in [3.63, 3.8) is 0 Å². The average Bonchev–Trinajstić information content (AvgIpc) is 2.29. The molecule has 0 saturated carbocycles. The molecule has 5 heteroatoms. The van der Waals surface area contributed by atoms with Gasteiger partial charge >= 0.3 is 0 Å². The minimum Gasteiger partial charge on any atom is -0.316 e. The van der Waals surface area contributed by atoms with Crippen molar-refractivity contribution in [2.24, 2.45) is 5.92 Å². The maximum atomic E-state index is 12.2. The molecular formula is C12H26N2O2S. The number of hydrogen-bond donors (Lipinski definition) is 1. The molecule has 1 saturated heterocycles. The standard InChI is InChI=1S/C12H26N2O2S/c1-4-12-7-6-11(3)14(10-12)17(15,16)9-8-13-5-2/h11-13H,4-10H2,1-3H3. The summed E-state index contributed by atoms with van der Waals surface area (Å²) in [6.07, 6.45) is 3.24. The Kier molecular flexibility index (Phi) is 5.89. The fourth-order valence-electron chi connectivity index (χ4n) is 2.36. The van der Waals surface area contributed by atoms with Gasteiger partial charge in [0.25, 0.3) is 0 Å². The average molecular weight is 262 g/mol. The summed E-state index contributed by atoms with van der Waals surface area (Å²) in [6.45, 7) is 8.25. The van der Waals surface area contributed by atoms with Gasteiger partial charge in [-0.25, -0.2) is 8.42 Å². The Morgan fingerprint density at radius 1 is 1.29 bits per heavy atom. The van der Waals surface area contributed by atoms with E-state index in [0.29, 0.717) is 19.0 Å². The van der Waals surface area contributed by atoms with Gasteiger partial charge in [-0.2, -0.15) is 4.31 Å². The van der Waals surface area contributed by atoms with Crippen molar-refractivity contribution in [1.29, 1.82) is 0 Å². The molecule has 0 aromatic carbocycles. The van der Waals surface area contributed by atoms with Gasteiger partial charge in [-0.05, 0) is 32.2 Å². The van der Waals surface area contributed by atoms with Gasteiger partial charge in [0.2, 0.25) is 10.0 Å². The molecule has 17 heavy (non-hydrogen) atoms. The molecule has 0 aromatic heterocycles. The van der Waals surface area contributed by atoms with Crippen molar-refractivity contribution < 1.29 is 8.42 Å². The predicted octanol–water partition coefficient (Wildman–Crippen LogP) is 1.44. The minimum absolute atomic E-state index is 0.171. The van der Waals surface area contributed by atoms with E-state index < -0.39 is 10.0 Å². The van der Waals surface area contributed by atoms with Gasteiger partial charge in [0.1, 0.15) is 0 Å². The molecule has 4 nitrogen and oxygen atoms in total. The number of rotatable bonds is 6. The lowest BCUT2D eigenvalue weighted by Crippen LogP contribution is -2.47. The number of nitrogens with zero attached hydrogens (tertiary/aromatic N) is 1. The topological polar surface area (TPSA) is 49.4 Å². The number of piperidine rings is 1. The quantitative estimate of drug-likeness (QED) is 0.737. The Labute approximate surface area is 106 Å². The fourth-order valence-corrected chi connectivity index (χ4v) is 4.09. The van der Waals surface area contributed by atoms with Crippen LogP contribution in [-0.2, 0) is 10.0 Å². The highest BCUT2D eigenvalue weighted by Crippen LogP contribution is 2.26. The molecule has 1 N–H and O–H groups in total. The zero-order chi connectivity index (χ0) is 12.9. The number of sulfonamides is 1. The first-order valence-corrected chi connectivity index (χ1v) is 8.32. The van der Waals surface area contributed by atoms with Gasteiger partial charge < -0.3 is 5.32 Å². The van der Waals surface area contributed by atoms with Gasteiger partial charge in [-0.15, -0.1) is 0 Å². The van der Waals surface area contributed by atoms with Crippen LogP contribution in [0.2, 0.25) is 0 Å². The third-order valence-electron chi connectivity index (χ3n) is 3.64. The molecule has 102 valence electrons. The number of nitrogens with one attached hydrogen (secondary N) is 1. The normalized spacial score (nSPS) is 27.2. The Morgan fingerprint density at radius 2 is 2.00 bits per heavy atom. The van der Waals surface area contributed by atoms with Crippen molar-refractivity contribution in [2.75, 3.05) is 25.4 Å². The molecule has 1 fully saturated rings. The first kappa shape index (κ1) is 14.9. The molecule has 2 unspecified atom stereocenters. The summed E-state index contributed by atoms with van der Waals surface area (Å²) in [4.78, 5) is 0. The summed E-state index contributed by atoms with van der Waals surface area (Å²) < 4.78 is 26.2. The van der Waals surface area contributed by atoms with Crippen molar-refractivity contribution >= 4 is 10.0 Å². The SMILES string of the molecule is CCNCCS(=O)(=O)N1CC(CC)CCC1C. The second-order valence-electron chi connectivity index (χ2n) is 4.94. The molecule has 0 radical (unpaired) electrons. The molecule has 1 rings (SSSR count). The van der Waals surface area contributed by atoms with Gasteiger partial charge in [-0.1, -0.05) is 20.3 Å². The third kappa shape index (κ3) is 4.23. The first-order chi connectivity index (χ1) is 8.01. The van der Waals surface area contributed by atoms with Crippen molar-refractivity contribution in [2.45, 2.75) is 46.1 Å². The predicted molar refractivity (Wildman–Crippen MR) is 71.5 cm³/mol. The fraction of sp³-hybridized carbons (Fsp3) is 1.00. The molecule has 0 bridgehead atoms. The molecule has 2 atom stereocenters. The number of hydrogen-bond acceptors (Lipinski definition) is 3. The van der Waals surface area contributed by atoms with E-state index in [9.17, 15) is 8.42 Å². The highest BCUT2D eigenvalue weighted by Gasteiger charge is 2.32. The second kappa shape index (κ2) is 6.71. The Hall–Kier alpha value is -0.130. The van der Waals surface area contributed by atoms with Crippen molar-refractivity contribution in [3.05, 3.63) is 0 Å². The van der Waals surface area contributed by atoms with Crippen LogP contribution in [0.4, 0.5) is 0 Å². The lowest BCUT2D eigenvalue weighted by atomic mass is 9.93. The summed E-state index contributed by atoms with van der Waals surface area (Å²) in [5.74, 6) is 0.766. The van der Waals surface area contributed by atoms with E-state index in [-0.39, 0.29) is 11.8 Å². The van der Waals surface area contributed by atoms with Gasteiger partial charge in [0, 0.05) is 19.1 Å². The summed E-state index contributed by atoms with van der Waals surface area (Å²) in [6, 6.07) is 0.171. The molecule has 0 aromatic rings. The van der Waals surface area contributed by atoms with Crippen LogP contribution in [0.3, 0.4) is 0 Å². The van der Waals surface area contributed by atoms with Crippen molar-refractivity contribution in [3.8, 4) is 0 Å². The summed E-state index contributed by atoms with van der Waals surface area (Å²) in [5.41, 5.74) is 0. The largest absolute Gasteiger partial charge is 0.316 e. The molecular weight excluding hydrogens is 236 g/mol. The van der Waals surface area contributed by atoms with E-state index in [1.165, 1.54) is 0 Å². The monoisotopic (exact) mass is 262 g/mol. The molecule has 1 heterocycles. The van der Waals surface area contributed by atoms with E-state index in [0.717, 1.165) is 25.8 Å². The maximum absolute atomic E-state index is 12.2. The summed E-state index contributed by atoms with van der Waals surface area (Å²) in [5, 5.41) is 3.08. The maximum Gasteiger partial charge on any atom is 0.215 e. The lowest BCUT2D eigenvalue weighted by molar-refractivity contribution is 0.203. The molecule has 0 spiro atoms. The molecule has 0 amide bonds. The van der Waals surface area contributed by atoms with Crippen LogP contribution >= 0.6 is 0 Å². The van der Waals surface area contributed by atoms with Crippen LogP contribution in [0, 0.1) is 5.92 Å². The Morgan fingerprint density at radius 3 is 2.59 bits per heavy atom. The lowest BCUT2D eigenvalue weighted by Gasteiger charge is -2.36. The minimum atomic E-state index is -3.08. The zero-order valence-electron chi connectivity index (χ0n) is 11.3. The Bertz CT molecular complexity index is 316. The molecule has 1 aliphatic rings. The smallest absolute Gasteiger partial charge is 0.215 e. The van der Waals surface area contributed by atoms with Gasteiger partial charge in [0.15, 0.2) is 0 Å². The van der Waals surface area contributed by atoms with Crippen LogP contribution in [0.25, 0.3) is 0 Å². The van der Waals surface area contributed by atoms with Crippen LogP contribution in [0.5, 0.6) is 0 Å². The van der Waals surface area contributed by atoms with E-state index >= 15 is 0 Å². The van der Waals surface area contributed by atoms with Crippen LogP contribution in [0.1, 0.15) is 40.0 Å². The second-order valence-corrected chi connectivity index (χ2v) is 6.98. The van der Waals surface area contributed by atoms with Crippen LogP contribution < -0.4 is 5.32 Å². The van der Waals surface area contributed by atoms with Gasteiger partial charge in [0.05, 0.1) is 5.75 Å². The third-order valence-corrected chi connectivity index (χ3v) is 5.59. The highest BCUT2D eigenvalue weighted by atomic mass is 32.2. The van der Waals surface area contributed by atoms with E-state index in [1.54, 1.807) is 4.31 Å². The van der Waals surface area contributed by atoms with Crippen LogP contribution in [-0.4, -0.2) is 44.2 Å². The summed E-state index contributed by atoms with van der Waals surface area (Å²) in [7, 11) is -3.08. The van der Waals surface area contributed by atoms with E-state index in [1.807, 2.05) is 13.8 Å². The first-order valence-electron chi connectivity index (χ1n) is 6.71. The molecule has 1 aliphatic heterocycles.